The molecule has 2 heterocycles. The number of esters is 2. The second-order valence-electron chi connectivity index (χ2n) is 10.0. The van der Waals surface area contributed by atoms with Gasteiger partial charge in [-0.1, -0.05) is 37.3 Å². The zero-order chi connectivity index (χ0) is 29.7. The van der Waals surface area contributed by atoms with Crippen molar-refractivity contribution in [3.8, 4) is 0 Å². The molecule has 1 fully saturated rings. The number of Topliss-reactive ketones (excluding diaryl/α,β-unsaturated/α-hetero) is 1. The third kappa shape index (κ3) is 6.78. The molecule has 1 aliphatic heterocycles. The van der Waals surface area contributed by atoms with Crippen LogP contribution in [-0.4, -0.2) is 59.3 Å². The van der Waals surface area contributed by atoms with E-state index in [4.69, 9.17) is 18.9 Å². The van der Waals surface area contributed by atoms with E-state index in [2.05, 4.69) is 4.98 Å². The Hall–Kier alpha value is -4.15. The van der Waals surface area contributed by atoms with Crippen molar-refractivity contribution in [3.05, 3.63) is 98.7 Å². The average molecular weight is 563 g/mol. The van der Waals surface area contributed by atoms with E-state index in [0.29, 0.717) is 23.2 Å². The van der Waals surface area contributed by atoms with E-state index < -0.39 is 48.8 Å². The zero-order valence-electron chi connectivity index (χ0n) is 23.8. The third-order valence-corrected chi connectivity index (χ3v) is 7.31. The van der Waals surface area contributed by atoms with Crippen LogP contribution in [0.5, 0.6) is 0 Å². The monoisotopic (exact) mass is 562 g/mol. The number of hydrogen-bond donors (Lipinski definition) is 0. The van der Waals surface area contributed by atoms with Crippen molar-refractivity contribution in [2.24, 2.45) is 0 Å². The molecule has 4 unspecified atom stereocenters. The summed E-state index contributed by atoms with van der Waals surface area (Å²) >= 11 is 0. The van der Waals surface area contributed by atoms with Crippen LogP contribution in [0.4, 0.5) is 0 Å². The van der Waals surface area contributed by atoms with Gasteiger partial charge >= 0.3 is 17.6 Å². The van der Waals surface area contributed by atoms with E-state index in [1.54, 1.807) is 42.5 Å². The first-order chi connectivity index (χ1) is 19.6. The molecule has 0 aliphatic carbocycles. The van der Waals surface area contributed by atoms with Crippen molar-refractivity contribution in [1.29, 1.82) is 0 Å². The predicted octanol–water partition coefficient (Wildman–Crippen LogP) is 3.69. The maximum atomic E-state index is 13.0. The molecule has 0 spiro atoms. The summed E-state index contributed by atoms with van der Waals surface area (Å²) in [6.07, 6.45) is -1.29. The van der Waals surface area contributed by atoms with E-state index in [0.717, 1.165) is 16.7 Å². The van der Waals surface area contributed by atoms with E-state index in [1.807, 2.05) is 33.8 Å². The van der Waals surface area contributed by atoms with Crippen molar-refractivity contribution >= 4 is 17.7 Å². The summed E-state index contributed by atoms with van der Waals surface area (Å²) in [5, 5.41) is 0. The second-order valence-corrected chi connectivity index (χ2v) is 10.0. The lowest BCUT2D eigenvalue weighted by Gasteiger charge is -2.23. The molecular weight excluding hydrogens is 528 g/mol. The van der Waals surface area contributed by atoms with E-state index in [9.17, 15) is 19.2 Å². The SMILES string of the molecule is CCC1OC(n2ccc(CC(=O)c3ccccc3)nc2=O)C(OC)C1OC(=O)COC(=O)c1cc(C)c(C)c(C)c1. The van der Waals surface area contributed by atoms with Gasteiger partial charge in [0.1, 0.15) is 6.10 Å². The van der Waals surface area contributed by atoms with Gasteiger partial charge in [0.25, 0.3) is 0 Å². The molecule has 2 aromatic carbocycles. The Kier molecular flexibility index (Phi) is 9.46. The standard InChI is InChI=1S/C31H34N2O8/c1-6-25-27(41-26(35)17-39-30(36)22-14-18(2)20(4)19(3)15-22)28(38-5)29(40-25)33-13-12-23(32-31(33)37)16-24(34)21-10-8-7-9-11-21/h7-15,25,27-29H,6,16-17H2,1-5H3. The van der Waals surface area contributed by atoms with Crippen molar-refractivity contribution in [1.82, 2.24) is 9.55 Å². The fourth-order valence-electron chi connectivity index (χ4n) is 4.83. The molecule has 1 aromatic heterocycles. The first-order valence-corrected chi connectivity index (χ1v) is 13.4. The molecule has 4 rings (SSSR count). The second kappa shape index (κ2) is 13.0. The summed E-state index contributed by atoms with van der Waals surface area (Å²) in [4.78, 5) is 54.8. The third-order valence-electron chi connectivity index (χ3n) is 7.31. The molecule has 3 aromatic rings. The Morgan fingerprint density at radius 3 is 2.27 bits per heavy atom. The van der Waals surface area contributed by atoms with Gasteiger partial charge in [0.2, 0.25) is 0 Å². The summed E-state index contributed by atoms with van der Waals surface area (Å²) in [5.41, 5.74) is 3.55. The molecule has 4 atom stereocenters. The van der Waals surface area contributed by atoms with Gasteiger partial charge < -0.3 is 18.9 Å². The highest BCUT2D eigenvalue weighted by Crippen LogP contribution is 2.34. The van der Waals surface area contributed by atoms with Gasteiger partial charge in [0, 0.05) is 18.9 Å². The Morgan fingerprint density at radius 1 is 0.976 bits per heavy atom. The number of carbonyl (C=O) groups is 3. The largest absolute Gasteiger partial charge is 0.454 e. The molecule has 0 saturated carbocycles. The Morgan fingerprint density at radius 2 is 1.66 bits per heavy atom. The van der Waals surface area contributed by atoms with E-state index in [1.165, 1.54) is 17.9 Å². The number of ether oxygens (including phenoxy) is 4. The minimum Gasteiger partial charge on any atom is -0.454 e. The Bertz CT molecular complexity index is 1460. The number of ketones is 1. The van der Waals surface area contributed by atoms with Gasteiger partial charge in [0.15, 0.2) is 24.7 Å². The lowest BCUT2D eigenvalue weighted by Crippen LogP contribution is -2.40. The normalized spacial score (nSPS) is 20.0. The number of hydrogen-bond acceptors (Lipinski definition) is 9. The van der Waals surface area contributed by atoms with Gasteiger partial charge in [-0.25, -0.2) is 14.4 Å². The minimum atomic E-state index is -0.928. The molecule has 1 aliphatic rings. The van der Waals surface area contributed by atoms with Gasteiger partial charge in [-0.05, 0) is 62.1 Å². The topological polar surface area (TPSA) is 123 Å². The number of aromatic nitrogens is 2. The Balaban J connectivity index is 1.42. The lowest BCUT2D eigenvalue weighted by molar-refractivity contribution is -0.160. The quantitative estimate of drug-likeness (QED) is 0.269. The molecule has 10 heteroatoms. The van der Waals surface area contributed by atoms with Crippen LogP contribution in [0.15, 0.2) is 59.5 Å². The minimum absolute atomic E-state index is 0.0302. The predicted molar refractivity (Wildman–Crippen MR) is 149 cm³/mol. The van der Waals surface area contributed by atoms with Gasteiger partial charge in [-0.2, -0.15) is 4.98 Å². The molecule has 0 radical (unpaired) electrons. The van der Waals surface area contributed by atoms with Crippen LogP contribution in [0.2, 0.25) is 0 Å². The van der Waals surface area contributed by atoms with Crippen molar-refractivity contribution in [3.63, 3.8) is 0 Å². The highest BCUT2D eigenvalue weighted by atomic mass is 16.6. The molecule has 0 N–H and O–H groups in total. The molecular formula is C31H34N2O8. The number of benzene rings is 2. The van der Waals surface area contributed by atoms with Crippen molar-refractivity contribution in [2.45, 2.75) is 65.1 Å². The number of aryl methyl sites for hydroxylation is 2. The Labute approximate surface area is 238 Å². The number of nitrogens with zero attached hydrogens (tertiary/aromatic N) is 2. The maximum Gasteiger partial charge on any atom is 0.350 e. The molecule has 41 heavy (non-hydrogen) atoms. The summed E-state index contributed by atoms with van der Waals surface area (Å²) in [6, 6.07) is 13.8. The number of rotatable bonds is 10. The van der Waals surface area contributed by atoms with Crippen molar-refractivity contribution < 1.29 is 33.3 Å². The smallest absolute Gasteiger partial charge is 0.350 e. The average Bonchev–Trinajstić information content (AvgIpc) is 3.31. The van der Waals surface area contributed by atoms with Crippen LogP contribution in [0.3, 0.4) is 0 Å². The lowest BCUT2D eigenvalue weighted by atomic mass is 10.0. The molecule has 0 amide bonds. The summed E-state index contributed by atoms with van der Waals surface area (Å²) in [5.74, 6) is -1.56. The molecule has 1 saturated heterocycles. The van der Waals surface area contributed by atoms with Crippen LogP contribution in [-0.2, 0) is 30.2 Å². The van der Waals surface area contributed by atoms with Crippen LogP contribution in [0, 0.1) is 20.8 Å². The van der Waals surface area contributed by atoms with Gasteiger partial charge in [0.05, 0.1) is 23.8 Å². The van der Waals surface area contributed by atoms with E-state index >= 15 is 0 Å². The first kappa shape index (κ1) is 29.8. The summed E-state index contributed by atoms with van der Waals surface area (Å²) < 4.78 is 23.8. The van der Waals surface area contributed by atoms with Crippen LogP contribution in [0.25, 0.3) is 0 Å². The highest BCUT2D eigenvalue weighted by molar-refractivity contribution is 5.97. The first-order valence-electron chi connectivity index (χ1n) is 13.4. The molecule has 216 valence electrons. The maximum absolute atomic E-state index is 13.0. The van der Waals surface area contributed by atoms with Crippen LogP contribution in [0.1, 0.15) is 62.7 Å². The molecule has 10 nitrogen and oxygen atoms in total. The molecule has 0 bridgehead atoms. The highest BCUT2D eigenvalue weighted by Gasteiger charge is 2.48. The van der Waals surface area contributed by atoms with Crippen molar-refractivity contribution in [2.75, 3.05) is 13.7 Å². The fraction of sp³-hybridized carbons (Fsp3) is 0.387. The van der Waals surface area contributed by atoms with Gasteiger partial charge in [-0.3, -0.25) is 9.36 Å². The van der Waals surface area contributed by atoms with E-state index in [-0.39, 0.29) is 12.2 Å². The number of methoxy groups -OCH3 is 1. The van der Waals surface area contributed by atoms with Crippen LogP contribution >= 0.6 is 0 Å². The summed E-state index contributed by atoms with van der Waals surface area (Å²) in [6.45, 7) is 7.03. The fourth-order valence-corrected chi connectivity index (χ4v) is 4.83. The van der Waals surface area contributed by atoms with Gasteiger partial charge in [-0.15, -0.1) is 0 Å². The van der Waals surface area contributed by atoms with Crippen LogP contribution < -0.4 is 5.69 Å². The zero-order valence-corrected chi connectivity index (χ0v) is 23.8. The number of carbonyl (C=O) groups excluding carboxylic acids is 3. The summed E-state index contributed by atoms with van der Waals surface area (Å²) in [7, 11) is 1.42.